The molecule has 3 rings (SSSR count). The fourth-order valence-corrected chi connectivity index (χ4v) is 3.06. The quantitative estimate of drug-likeness (QED) is 0.933. The molecule has 1 aliphatic carbocycles. The van der Waals surface area contributed by atoms with Gasteiger partial charge in [0.15, 0.2) is 5.82 Å². The third-order valence-corrected chi connectivity index (χ3v) is 4.35. The molecule has 0 radical (unpaired) electrons. The molecule has 0 spiro atoms. The van der Waals surface area contributed by atoms with E-state index in [4.69, 9.17) is 4.52 Å². The van der Waals surface area contributed by atoms with Gasteiger partial charge in [-0.3, -0.25) is 0 Å². The molecule has 1 N–H and O–H groups in total. The van der Waals surface area contributed by atoms with Crippen LogP contribution in [-0.2, 0) is 12.0 Å². The van der Waals surface area contributed by atoms with Crippen molar-refractivity contribution in [2.24, 2.45) is 0 Å². The first-order chi connectivity index (χ1) is 10.1. The van der Waals surface area contributed by atoms with Crippen molar-refractivity contribution >= 4 is 0 Å². The van der Waals surface area contributed by atoms with Crippen LogP contribution in [0.5, 0.6) is 0 Å². The summed E-state index contributed by atoms with van der Waals surface area (Å²) in [5, 5.41) is 14.8. The summed E-state index contributed by atoms with van der Waals surface area (Å²) >= 11 is 0. The van der Waals surface area contributed by atoms with E-state index in [-0.39, 0.29) is 0 Å². The molecule has 1 aromatic carbocycles. The van der Waals surface area contributed by atoms with E-state index in [2.05, 4.69) is 10.1 Å². The number of aromatic nitrogens is 2. The first-order valence-corrected chi connectivity index (χ1v) is 7.75. The van der Waals surface area contributed by atoms with Gasteiger partial charge in [0.1, 0.15) is 0 Å². The molecule has 21 heavy (non-hydrogen) atoms. The van der Waals surface area contributed by atoms with E-state index in [9.17, 15) is 5.11 Å². The lowest BCUT2D eigenvalue weighted by Crippen LogP contribution is -2.24. The van der Waals surface area contributed by atoms with Crippen LogP contribution in [0.4, 0.5) is 0 Å². The van der Waals surface area contributed by atoms with Crippen molar-refractivity contribution in [3.8, 4) is 0 Å². The summed E-state index contributed by atoms with van der Waals surface area (Å²) in [6, 6.07) is 9.61. The van der Waals surface area contributed by atoms with Crippen molar-refractivity contribution in [2.75, 3.05) is 0 Å². The Morgan fingerprint density at radius 2 is 1.90 bits per heavy atom. The maximum atomic E-state index is 10.6. The van der Waals surface area contributed by atoms with Gasteiger partial charge in [-0.1, -0.05) is 54.8 Å². The number of rotatable bonds is 4. The zero-order valence-electron chi connectivity index (χ0n) is 12.5. The molecule has 112 valence electrons. The van der Waals surface area contributed by atoms with E-state index in [1.165, 1.54) is 19.3 Å². The van der Waals surface area contributed by atoms with Gasteiger partial charge >= 0.3 is 0 Å². The van der Waals surface area contributed by atoms with E-state index < -0.39 is 5.60 Å². The maximum Gasteiger partial charge on any atom is 0.229 e. The van der Waals surface area contributed by atoms with Gasteiger partial charge in [0, 0.05) is 5.92 Å². The number of aliphatic hydroxyl groups is 1. The van der Waals surface area contributed by atoms with E-state index >= 15 is 0 Å². The molecule has 1 fully saturated rings. The van der Waals surface area contributed by atoms with Crippen LogP contribution in [-0.4, -0.2) is 15.2 Å². The van der Waals surface area contributed by atoms with Crippen LogP contribution >= 0.6 is 0 Å². The molecule has 4 heteroatoms. The Labute approximate surface area is 125 Å². The van der Waals surface area contributed by atoms with Gasteiger partial charge < -0.3 is 9.63 Å². The molecule has 0 aliphatic heterocycles. The van der Waals surface area contributed by atoms with Crippen LogP contribution in [0.15, 0.2) is 34.9 Å². The van der Waals surface area contributed by atoms with E-state index in [1.54, 1.807) is 6.92 Å². The van der Waals surface area contributed by atoms with Gasteiger partial charge in [-0.2, -0.15) is 4.98 Å². The zero-order chi connectivity index (χ0) is 14.7. The average Bonchev–Trinajstić information content (AvgIpc) is 2.97. The lowest BCUT2D eigenvalue weighted by atomic mass is 9.89. The molecule has 1 aliphatic rings. The third-order valence-electron chi connectivity index (χ3n) is 4.35. The first kappa shape index (κ1) is 14.3. The van der Waals surface area contributed by atoms with Gasteiger partial charge in [0.05, 0.1) is 12.0 Å². The monoisotopic (exact) mass is 286 g/mol. The summed E-state index contributed by atoms with van der Waals surface area (Å²) in [6.45, 7) is 1.78. The fourth-order valence-electron chi connectivity index (χ4n) is 3.06. The minimum atomic E-state index is -0.988. The van der Waals surface area contributed by atoms with Crippen molar-refractivity contribution < 1.29 is 9.63 Å². The molecule has 1 heterocycles. The standard InChI is InChI=1S/C17H22N2O2/c1-17(20,14-10-6-3-7-11-14)12-15-18-16(19-21-15)13-8-4-2-5-9-13/h3,6-7,10-11,13,20H,2,4-5,8-9,12H2,1H3/t17-/m1/s1. The molecule has 2 aromatic rings. The summed E-state index contributed by atoms with van der Waals surface area (Å²) in [5.74, 6) is 1.76. The maximum absolute atomic E-state index is 10.6. The van der Waals surface area contributed by atoms with Gasteiger partial charge in [-0.25, -0.2) is 0 Å². The second kappa shape index (κ2) is 5.98. The summed E-state index contributed by atoms with van der Waals surface area (Å²) in [6.07, 6.45) is 6.44. The Balaban J connectivity index is 1.72. The molecular weight excluding hydrogens is 264 g/mol. The lowest BCUT2D eigenvalue weighted by Gasteiger charge is -2.21. The lowest BCUT2D eigenvalue weighted by molar-refractivity contribution is 0.0490. The second-order valence-electron chi connectivity index (χ2n) is 6.20. The Kier molecular flexibility index (Phi) is 4.06. The average molecular weight is 286 g/mol. The molecule has 0 amide bonds. The van der Waals surface area contributed by atoms with Crippen LogP contribution in [0, 0.1) is 0 Å². The number of hydrogen-bond donors (Lipinski definition) is 1. The number of nitrogens with zero attached hydrogens (tertiary/aromatic N) is 2. The fraction of sp³-hybridized carbons (Fsp3) is 0.529. The molecular formula is C17H22N2O2. The van der Waals surface area contributed by atoms with Crippen molar-refractivity contribution in [2.45, 2.75) is 57.0 Å². The van der Waals surface area contributed by atoms with Crippen LogP contribution in [0.2, 0.25) is 0 Å². The topological polar surface area (TPSA) is 59.2 Å². The smallest absolute Gasteiger partial charge is 0.229 e. The second-order valence-corrected chi connectivity index (χ2v) is 6.20. The van der Waals surface area contributed by atoms with Crippen LogP contribution < -0.4 is 0 Å². The van der Waals surface area contributed by atoms with Crippen molar-refractivity contribution in [1.82, 2.24) is 10.1 Å². The SMILES string of the molecule is C[C@@](O)(Cc1nc(C2CCCCC2)no1)c1ccccc1. The predicted octanol–water partition coefficient (Wildman–Crippen LogP) is 3.57. The first-order valence-electron chi connectivity index (χ1n) is 7.75. The molecule has 0 saturated heterocycles. The van der Waals surface area contributed by atoms with Gasteiger partial charge in [0.25, 0.3) is 0 Å². The Morgan fingerprint density at radius 3 is 2.62 bits per heavy atom. The number of benzene rings is 1. The van der Waals surface area contributed by atoms with Gasteiger partial charge in [0.2, 0.25) is 5.89 Å². The Morgan fingerprint density at radius 1 is 1.19 bits per heavy atom. The highest BCUT2D eigenvalue weighted by Gasteiger charge is 2.28. The Bertz CT molecular complexity index is 571. The van der Waals surface area contributed by atoms with Gasteiger partial charge in [-0.05, 0) is 25.3 Å². The zero-order valence-corrected chi connectivity index (χ0v) is 12.5. The van der Waals surface area contributed by atoms with Crippen molar-refractivity contribution in [3.05, 3.63) is 47.6 Å². The third kappa shape index (κ3) is 3.32. The highest BCUT2D eigenvalue weighted by molar-refractivity contribution is 5.22. The molecule has 1 aromatic heterocycles. The van der Waals surface area contributed by atoms with Gasteiger partial charge in [-0.15, -0.1) is 0 Å². The molecule has 1 saturated carbocycles. The van der Waals surface area contributed by atoms with Crippen LogP contribution in [0.25, 0.3) is 0 Å². The normalized spacial score (nSPS) is 19.3. The highest BCUT2D eigenvalue weighted by atomic mass is 16.5. The molecule has 0 unspecified atom stereocenters. The predicted molar refractivity (Wildman–Crippen MR) is 79.8 cm³/mol. The minimum Gasteiger partial charge on any atom is -0.385 e. The molecule has 4 nitrogen and oxygen atoms in total. The highest BCUT2D eigenvalue weighted by Crippen LogP contribution is 2.31. The Hall–Kier alpha value is -1.68. The van der Waals surface area contributed by atoms with Crippen molar-refractivity contribution in [1.29, 1.82) is 0 Å². The van der Waals surface area contributed by atoms with E-state index in [0.717, 1.165) is 24.2 Å². The summed E-state index contributed by atoms with van der Waals surface area (Å²) in [7, 11) is 0. The molecule has 1 atom stereocenters. The van der Waals surface area contributed by atoms with Crippen molar-refractivity contribution in [3.63, 3.8) is 0 Å². The number of hydrogen-bond acceptors (Lipinski definition) is 4. The largest absolute Gasteiger partial charge is 0.385 e. The summed E-state index contributed by atoms with van der Waals surface area (Å²) < 4.78 is 5.35. The summed E-state index contributed by atoms with van der Waals surface area (Å²) in [4.78, 5) is 4.51. The minimum absolute atomic E-state index is 0.344. The van der Waals surface area contributed by atoms with E-state index in [1.807, 2.05) is 30.3 Å². The van der Waals surface area contributed by atoms with E-state index in [0.29, 0.717) is 18.2 Å². The molecule has 0 bridgehead atoms. The van der Waals surface area contributed by atoms with Crippen LogP contribution in [0.1, 0.15) is 62.2 Å². The van der Waals surface area contributed by atoms with Crippen LogP contribution in [0.3, 0.4) is 0 Å². The summed E-state index contributed by atoms with van der Waals surface area (Å²) in [5.41, 5.74) is -0.125.